The number of nitrogens with one attached hydrogen (secondary N) is 1. The molecule has 28 heavy (non-hydrogen) atoms. The number of ether oxygens (including phenoxy) is 1. The molecule has 1 aromatic carbocycles. The molecule has 5 nitrogen and oxygen atoms in total. The maximum atomic E-state index is 15.1. The van der Waals surface area contributed by atoms with E-state index in [2.05, 4.69) is 10.2 Å². The maximum Gasteiger partial charge on any atom is 0.309 e. The average Bonchev–Trinajstić information content (AvgIpc) is 3.41. The fraction of sp³-hybridized carbons (Fsp3) is 0.600. The third-order valence-corrected chi connectivity index (χ3v) is 5.88. The molecule has 1 aromatic rings. The summed E-state index contributed by atoms with van der Waals surface area (Å²) in [5.74, 6) is -0.188. The molecule has 0 aromatic heterocycles. The van der Waals surface area contributed by atoms with Gasteiger partial charge in [0.15, 0.2) is 0 Å². The number of halogens is 3. The van der Waals surface area contributed by atoms with Gasteiger partial charge in [-0.25, -0.2) is 4.39 Å². The van der Waals surface area contributed by atoms with Crippen LogP contribution in [-0.4, -0.2) is 55.2 Å². The van der Waals surface area contributed by atoms with E-state index in [1.807, 2.05) is 0 Å². The van der Waals surface area contributed by atoms with Crippen molar-refractivity contribution >= 4 is 35.1 Å². The minimum absolute atomic E-state index is 0.000758. The molecular formula is C20H25Cl2FN2O3. The predicted molar refractivity (Wildman–Crippen MR) is 107 cm³/mol. The minimum atomic E-state index is -1.43. The zero-order valence-electron chi connectivity index (χ0n) is 15.8. The number of carbonyl (C=O) groups is 2. The number of hydrogen-bond acceptors (Lipinski definition) is 4. The first-order valence-corrected chi connectivity index (χ1v) is 10.4. The van der Waals surface area contributed by atoms with Crippen molar-refractivity contribution in [3.8, 4) is 0 Å². The third kappa shape index (κ3) is 5.58. The Bertz CT molecular complexity index is 718. The SMILES string of the molecule is CCOC(=O)C1CC1CN1CCC(F)(CNC(=O)c2cc(Cl)cc(Cl)c2)CC1. The Balaban J connectivity index is 1.42. The van der Waals surface area contributed by atoms with E-state index in [9.17, 15) is 9.59 Å². The number of esters is 1. The molecule has 3 rings (SSSR count). The van der Waals surface area contributed by atoms with Crippen LogP contribution in [0.2, 0.25) is 10.0 Å². The first-order chi connectivity index (χ1) is 13.3. The summed E-state index contributed by atoms with van der Waals surface area (Å²) in [5, 5.41) is 3.38. The van der Waals surface area contributed by atoms with Gasteiger partial charge in [0, 0.05) is 35.2 Å². The van der Waals surface area contributed by atoms with E-state index in [0.29, 0.717) is 54.1 Å². The van der Waals surface area contributed by atoms with Crippen LogP contribution in [0, 0.1) is 11.8 Å². The summed E-state index contributed by atoms with van der Waals surface area (Å²) in [6.07, 6.45) is 1.55. The molecule has 0 spiro atoms. The molecular weight excluding hydrogens is 406 g/mol. The Morgan fingerprint density at radius 1 is 1.25 bits per heavy atom. The molecule has 1 aliphatic carbocycles. The van der Waals surface area contributed by atoms with E-state index in [1.165, 1.54) is 12.1 Å². The standard InChI is InChI=1S/C20H25Cl2FN2O3/c1-2-28-19(27)17-9-14(17)11-25-5-3-20(23,4-6-25)12-24-18(26)13-7-15(21)10-16(22)8-13/h7-8,10,14,17H,2-6,9,11-12H2,1H3,(H,24,26). The van der Waals surface area contributed by atoms with Crippen LogP contribution in [0.4, 0.5) is 4.39 Å². The quantitative estimate of drug-likeness (QED) is 0.669. The topological polar surface area (TPSA) is 58.6 Å². The van der Waals surface area contributed by atoms with E-state index in [0.717, 1.165) is 13.0 Å². The fourth-order valence-corrected chi connectivity index (χ4v) is 4.18. The molecule has 8 heteroatoms. The number of alkyl halides is 1. The van der Waals surface area contributed by atoms with E-state index < -0.39 is 5.67 Å². The predicted octanol–water partition coefficient (Wildman–Crippen LogP) is 3.73. The smallest absolute Gasteiger partial charge is 0.309 e. The van der Waals surface area contributed by atoms with Crippen molar-refractivity contribution in [3.63, 3.8) is 0 Å². The first-order valence-electron chi connectivity index (χ1n) is 9.62. The summed E-state index contributed by atoms with van der Waals surface area (Å²) < 4.78 is 20.1. The largest absolute Gasteiger partial charge is 0.466 e. The van der Waals surface area contributed by atoms with Gasteiger partial charge < -0.3 is 15.0 Å². The lowest BCUT2D eigenvalue weighted by Crippen LogP contribution is -2.48. The van der Waals surface area contributed by atoms with Crippen LogP contribution in [0.3, 0.4) is 0 Å². The lowest BCUT2D eigenvalue weighted by Gasteiger charge is -2.36. The number of piperidine rings is 1. The zero-order chi connectivity index (χ0) is 20.3. The van der Waals surface area contributed by atoms with Gasteiger partial charge in [0.2, 0.25) is 0 Å². The Labute approximate surface area is 174 Å². The second-order valence-electron chi connectivity index (χ2n) is 7.65. The lowest BCUT2D eigenvalue weighted by molar-refractivity contribution is -0.145. The molecule has 2 aliphatic rings. The van der Waals surface area contributed by atoms with Gasteiger partial charge in [0.25, 0.3) is 5.91 Å². The van der Waals surface area contributed by atoms with Gasteiger partial charge >= 0.3 is 5.97 Å². The Morgan fingerprint density at radius 2 is 1.89 bits per heavy atom. The summed E-state index contributed by atoms with van der Waals surface area (Å²) in [6.45, 7) is 4.19. The normalized spacial score (nSPS) is 23.9. The number of rotatable bonds is 7. The number of likely N-dealkylation sites (tertiary alicyclic amines) is 1. The molecule has 0 radical (unpaired) electrons. The molecule has 2 fully saturated rings. The highest BCUT2D eigenvalue weighted by Crippen LogP contribution is 2.41. The average molecular weight is 431 g/mol. The van der Waals surface area contributed by atoms with Gasteiger partial charge in [-0.2, -0.15) is 0 Å². The summed E-state index contributed by atoms with van der Waals surface area (Å²) >= 11 is 11.8. The number of hydrogen-bond donors (Lipinski definition) is 1. The number of nitrogens with zero attached hydrogens (tertiary/aromatic N) is 1. The highest BCUT2D eigenvalue weighted by molar-refractivity contribution is 6.35. The monoisotopic (exact) mass is 430 g/mol. The molecule has 2 atom stereocenters. The van der Waals surface area contributed by atoms with E-state index in [1.54, 1.807) is 13.0 Å². The number of benzene rings is 1. The number of amides is 1. The van der Waals surface area contributed by atoms with Crippen molar-refractivity contribution in [2.75, 3.05) is 32.8 Å². The second kappa shape index (κ2) is 8.97. The van der Waals surface area contributed by atoms with E-state index in [-0.39, 0.29) is 24.3 Å². The Kier molecular flexibility index (Phi) is 6.84. The van der Waals surface area contributed by atoms with Crippen molar-refractivity contribution < 1.29 is 18.7 Å². The van der Waals surface area contributed by atoms with Crippen molar-refractivity contribution in [3.05, 3.63) is 33.8 Å². The molecule has 2 unspecified atom stereocenters. The van der Waals surface area contributed by atoms with Gasteiger partial charge in [-0.15, -0.1) is 0 Å². The molecule has 154 valence electrons. The van der Waals surface area contributed by atoms with E-state index in [4.69, 9.17) is 27.9 Å². The molecule has 0 bridgehead atoms. The van der Waals surface area contributed by atoms with E-state index >= 15 is 4.39 Å². The highest BCUT2D eigenvalue weighted by atomic mass is 35.5. The molecule has 1 aliphatic heterocycles. The third-order valence-electron chi connectivity index (χ3n) is 5.45. The van der Waals surface area contributed by atoms with Crippen molar-refractivity contribution in [2.24, 2.45) is 11.8 Å². The van der Waals surface area contributed by atoms with Crippen LogP contribution >= 0.6 is 23.2 Å². The lowest BCUT2D eigenvalue weighted by atomic mass is 9.93. The van der Waals surface area contributed by atoms with Crippen molar-refractivity contribution in [1.82, 2.24) is 10.2 Å². The van der Waals surface area contributed by atoms with Gasteiger partial charge in [-0.3, -0.25) is 9.59 Å². The minimum Gasteiger partial charge on any atom is -0.466 e. The van der Waals surface area contributed by atoms with Crippen LogP contribution < -0.4 is 5.32 Å². The van der Waals surface area contributed by atoms with Crippen LogP contribution in [0.1, 0.15) is 36.5 Å². The summed E-state index contributed by atoms with van der Waals surface area (Å²) in [7, 11) is 0. The summed E-state index contributed by atoms with van der Waals surface area (Å²) in [4.78, 5) is 26.2. The van der Waals surface area contributed by atoms with Crippen LogP contribution in [0.15, 0.2) is 18.2 Å². The molecule has 1 amide bonds. The molecule has 1 N–H and O–H groups in total. The van der Waals surface area contributed by atoms with Gasteiger partial charge in [0.05, 0.1) is 19.1 Å². The number of carbonyl (C=O) groups excluding carboxylic acids is 2. The van der Waals surface area contributed by atoms with Crippen molar-refractivity contribution in [2.45, 2.75) is 31.9 Å². The molecule has 1 saturated carbocycles. The Morgan fingerprint density at radius 3 is 2.50 bits per heavy atom. The Hall–Kier alpha value is -1.37. The van der Waals surface area contributed by atoms with Crippen LogP contribution in [0.5, 0.6) is 0 Å². The highest BCUT2D eigenvalue weighted by Gasteiger charge is 2.46. The fourth-order valence-electron chi connectivity index (χ4n) is 3.66. The summed E-state index contributed by atoms with van der Waals surface area (Å²) in [5.41, 5.74) is -1.11. The molecule has 1 heterocycles. The first kappa shape index (κ1) is 21.3. The van der Waals surface area contributed by atoms with Gasteiger partial charge in [-0.05, 0) is 50.3 Å². The second-order valence-corrected chi connectivity index (χ2v) is 8.52. The van der Waals surface area contributed by atoms with Crippen molar-refractivity contribution in [1.29, 1.82) is 0 Å². The maximum absolute atomic E-state index is 15.1. The van der Waals surface area contributed by atoms with Gasteiger partial charge in [-0.1, -0.05) is 23.2 Å². The zero-order valence-corrected chi connectivity index (χ0v) is 17.4. The van der Waals surface area contributed by atoms with Crippen LogP contribution in [0.25, 0.3) is 0 Å². The van der Waals surface area contributed by atoms with Crippen LogP contribution in [-0.2, 0) is 9.53 Å². The van der Waals surface area contributed by atoms with Gasteiger partial charge in [0.1, 0.15) is 5.67 Å². The summed E-state index contributed by atoms with van der Waals surface area (Å²) in [6, 6.07) is 4.55. The molecule has 1 saturated heterocycles.